The van der Waals surface area contributed by atoms with Crippen molar-refractivity contribution in [1.29, 1.82) is 0 Å². The summed E-state index contributed by atoms with van der Waals surface area (Å²) in [6, 6.07) is 14.3. The molecule has 174 valence electrons. The van der Waals surface area contributed by atoms with Gasteiger partial charge in [-0.25, -0.2) is 0 Å². The quantitative estimate of drug-likeness (QED) is 0.462. The van der Waals surface area contributed by atoms with E-state index in [9.17, 15) is 9.59 Å². The molecule has 3 aromatic rings. The van der Waals surface area contributed by atoms with E-state index in [1.54, 1.807) is 43.5 Å². The number of amides is 2. The Morgan fingerprint density at radius 3 is 2.33 bits per heavy atom. The van der Waals surface area contributed by atoms with E-state index in [2.05, 4.69) is 20.8 Å². The molecule has 0 aliphatic rings. The predicted octanol–water partition coefficient (Wildman–Crippen LogP) is 3.99. The number of carbonyl (C=O) groups is 2. The zero-order valence-electron chi connectivity index (χ0n) is 19.5. The SMILES string of the molecule is COc1ccc(NC(=O)CSc2nnc([C@@H](NC(=O)c3ccc(C)cc3)C(C)C)n2C)cc1. The molecular formula is C24H29N5O3S. The molecule has 8 nitrogen and oxygen atoms in total. The third kappa shape index (κ3) is 6.35. The first-order valence-electron chi connectivity index (χ1n) is 10.6. The van der Waals surface area contributed by atoms with E-state index in [1.165, 1.54) is 11.8 Å². The average molecular weight is 468 g/mol. The Hall–Kier alpha value is -3.33. The lowest BCUT2D eigenvalue weighted by Gasteiger charge is -2.21. The van der Waals surface area contributed by atoms with Gasteiger partial charge >= 0.3 is 0 Å². The van der Waals surface area contributed by atoms with Gasteiger partial charge in [0.2, 0.25) is 5.91 Å². The number of nitrogens with zero attached hydrogens (tertiary/aromatic N) is 3. The highest BCUT2D eigenvalue weighted by Gasteiger charge is 2.25. The van der Waals surface area contributed by atoms with E-state index >= 15 is 0 Å². The number of hydrogen-bond acceptors (Lipinski definition) is 6. The van der Waals surface area contributed by atoms with Gasteiger partial charge in [0.25, 0.3) is 5.91 Å². The fourth-order valence-corrected chi connectivity index (χ4v) is 3.90. The Morgan fingerprint density at radius 1 is 1.06 bits per heavy atom. The third-order valence-corrected chi connectivity index (χ3v) is 6.14. The predicted molar refractivity (Wildman–Crippen MR) is 130 cm³/mol. The summed E-state index contributed by atoms with van der Waals surface area (Å²) in [5.41, 5.74) is 2.38. The van der Waals surface area contributed by atoms with E-state index in [0.29, 0.717) is 22.2 Å². The van der Waals surface area contributed by atoms with Gasteiger partial charge in [0.1, 0.15) is 5.75 Å². The van der Waals surface area contributed by atoms with Crippen LogP contribution in [0.15, 0.2) is 53.7 Å². The van der Waals surface area contributed by atoms with Crippen molar-refractivity contribution in [3.63, 3.8) is 0 Å². The summed E-state index contributed by atoms with van der Waals surface area (Å²) in [4.78, 5) is 25.1. The number of aromatic nitrogens is 3. The van der Waals surface area contributed by atoms with Gasteiger partial charge in [0.15, 0.2) is 11.0 Å². The first-order valence-corrected chi connectivity index (χ1v) is 11.6. The van der Waals surface area contributed by atoms with Crippen molar-refractivity contribution in [2.24, 2.45) is 13.0 Å². The van der Waals surface area contributed by atoms with Crippen molar-refractivity contribution in [2.45, 2.75) is 32.0 Å². The largest absolute Gasteiger partial charge is 0.497 e. The van der Waals surface area contributed by atoms with E-state index in [4.69, 9.17) is 4.74 Å². The molecule has 0 unspecified atom stereocenters. The van der Waals surface area contributed by atoms with Gasteiger partial charge in [-0.1, -0.05) is 43.3 Å². The Balaban J connectivity index is 1.63. The third-order valence-electron chi connectivity index (χ3n) is 5.12. The van der Waals surface area contributed by atoms with Gasteiger partial charge in [-0.05, 0) is 49.2 Å². The molecule has 2 aromatic carbocycles. The van der Waals surface area contributed by atoms with Crippen LogP contribution in [0.4, 0.5) is 5.69 Å². The van der Waals surface area contributed by atoms with Crippen LogP contribution in [0.1, 0.15) is 41.6 Å². The average Bonchev–Trinajstić information content (AvgIpc) is 3.16. The summed E-state index contributed by atoms with van der Waals surface area (Å²) in [5.74, 6) is 1.33. The molecule has 0 aliphatic heterocycles. The van der Waals surface area contributed by atoms with Gasteiger partial charge in [-0.15, -0.1) is 10.2 Å². The first-order chi connectivity index (χ1) is 15.8. The number of benzene rings is 2. The maximum absolute atomic E-state index is 12.8. The van der Waals surface area contributed by atoms with Crippen molar-refractivity contribution < 1.29 is 14.3 Å². The molecule has 1 heterocycles. The van der Waals surface area contributed by atoms with Gasteiger partial charge in [0.05, 0.1) is 18.9 Å². The Morgan fingerprint density at radius 2 is 1.73 bits per heavy atom. The molecule has 0 aliphatic carbocycles. The fraction of sp³-hybridized carbons (Fsp3) is 0.333. The van der Waals surface area contributed by atoms with Crippen LogP contribution in [0, 0.1) is 12.8 Å². The number of aryl methyl sites for hydroxylation is 1. The minimum atomic E-state index is -0.321. The maximum atomic E-state index is 12.8. The molecule has 0 bridgehead atoms. The normalized spacial score (nSPS) is 11.8. The zero-order valence-corrected chi connectivity index (χ0v) is 20.3. The van der Waals surface area contributed by atoms with Gasteiger partial charge in [-0.3, -0.25) is 9.59 Å². The monoisotopic (exact) mass is 467 g/mol. The van der Waals surface area contributed by atoms with Crippen LogP contribution < -0.4 is 15.4 Å². The smallest absolute Gasteiger partial charge is 0.251 e. The van der Waals surface area contributed by atoms with Crippen molar-refractivity contribution in [3.8, 4) is 5.75 Å². The van der Waals surface area contributed by atoms with Crippen molar-refractivity contribution in [3.05, 3.63) is 65.5 Å². The van der Waals surface area contributed by atoms with Crippen LogP contribution in [0.2, 0.25) is 0 Å². The topological polar surface area (TPSA) is 98.1 Å². The number of carbonyl (C=O) groups excluding carboxylic acids is 2. The summed E-state index contributed by atoms with van der Waals surface area (Å²) in [6.07, 6.45) is 0. The first kappa shape index (κ1) is 24.3. The second kappa shape index (κ2) is 11.0. The molecule has 0 fully saturated rings. The van der Waals surface area contributed by atoms with E-state index in [1.807, 2.05) is 44.5 Å². The Kier molecular flexibility index (Phi) is 8.11. The van der Waals surface area contributed by atoms with E-state index in [0.717, 1.165) is 11.3 Å². The summed E-state index contributed by atoms with van der Waals surface area (Å²) in [7, 11) is 3.43. The minimum absolute atomic E-state index is 0.0959. The number of anilines is 1. The van der Waals surface area contributed by atoms with Crippen molar-refractivity contribution >= 4 is 29.3 Å². The van der Waals surface area contributed by atoms with Crippen LogP contribution in [0.5, 0.6) is 5.75 Å². The summed E-state index contributed by atoms with van der Waals surface area (Å²) >= 11 is 1.29. The Labute approximate surface area is 198 Å². The molecule has 1 atom stereocenters. The van der Waals surface area contributed by atoms with Gasteiger partial charge < -0.3 is 19.9 Å². The molecule has 0 radical (unpaired) electrons. The van der Waals surface area contributed by atoms with Crippen LogP contribution >= 0.6 is 11.8 Å². The lowest BCUT2D eigenvalue weighted by molar-refractivity contribution is -0.113. The van der Waals surface area contributed by atoms with Gasteiger partial charge in [-0.2, -0.15) is 0 Å². The molecule has 0 spiro atoms. The number of hydrogen-bond donors (Lipinski definition) is 2. The number of ether oxygens (including phenoxy) is 1. The molecule has 3 rings (SSSR count). The lowest BCUT2D eigenvalue weighted by atomic mass is 10.0. The number of rotatable bonds is 9. The molecule has 0 saturated carbocycles. The highest BCUT2D eigenvalue weighted by Crippen LogP contribution is 2.25. The van der Waals surface area contributed by atoms with Crippen LogP contribution in [0.3, 0.4) is 0 Å². The number of methoxy groups -OCH3 is 1. The summed E-state index contributed by atoms with van der Waals surface area (Å²) in [6.45, 7) is 6.02. The zero-order chi connectivity index (χ0) is 24.0. The second-order valence-corrected chi connectivity index (χ2v) is 8.97. The second-order valence-electron chi connectivity index (χ2n) is 8.03. The molecule has 9 heteroatoms. The Bertz CT molecular complexity index is 1090. The lowest BCUT2D eigenvalue weighted by Crippen LogP contribution is -2.33. The van der Waals surface area contributed by atoms with Crippen molar-refractivity contribution in [1.82, 2.24) is 20.1 Å². The highest BCUT2D eigenvalue weighted by molar-refractivity contribution is 7.99. The van der Waals surface area contributed by atoms with Crippen LogP contribution in [-0.2, 0) is 11.8 Å². The number of nitrogens with one attached hydrogen (secondary N) is 2. The molecule has 33 heavy (non-hydrogen) atoms. The minimum Gasteiger partial charge on any atom is -0.497 e. The summed E-state index contributed by atoms with van der Waals surface area (Å²) < 4.78 is 6.95. The molecule has 2 amide bonds. The van der Waals surface area contributed by atoms with Crippen molar-refractivity contribution in [2.75, 3.05) is 18.2 Å². The highest BCUT2D eigenvalue weighted by atomic mass is 32.2. The molecule has 1 aromatic heterocycles. The van der Waals surface area contributed by atoms with Gasteiger partial charge in [0, 0.05) is 18.3 Å². The standard InChI is InChI=1S/C24H29N5O3S/c1-15(2)21(26-23(31)17-8-6-16(3)7-9-17)22-27-28-24(29(22)4)33-14-20(30)25-18-10-12-19(32-5)13-11-18/h6-13,15,21H,14H2,1-5H3,(H,25,30)(H,26,31)/t21-/m0/s1. The van der Waals surface area contributed by atoms with Crippen LogP contribution in [0.25, 0.3) is 0 Å². The molecule has 2 N–H and O–H groups in total. The number of thioether (sulfide) groups is 1. The van der Waals surface area contributed by atoms with E-state index < -0.39 is 0 Å². The summed E-state index contributed by atoms with van der Waals surface area (Å²) in [5, 5.41) is 15.1. The van der Waals surface area contributed by atoms with Crippen LogP contribution in [-0.4, -0.2) is 39.4 Å². The van der Waals surface area contributed by atoms with E-state index in [-0.39, 0.29) is 29.5 Å². The maximum Gasteiger partial charge on any atom is 0.251 e. The molecule has 0 saturated heterocycles. The fourth-order valence-electron chi connectivity index (χ4n) is 3.18. The molecular weight excluding hydrogens is 438 g/mol.